The topological polar surface area (TPSA) is 67.3 Å². The first-order chi connectivity index (χ1) is 14.5. The number of carbonyl (C=O) groups excluding carboxylic acids is 1. The zero-order chi connectivity index (χ0) is 21.3. The minimum absolute atomic E-state index is 0.0864. The minimum Gasteiger partial charge on any atom is -0.496 e. The molecular weight excluding hydrogens is 396 g/mol. The van der Waals surface area contributed by atoms with Crippen LogP contribution >= 0.6 is 11.3 Å². The van der Waals surface area contributed by atoms with E-state index in [4.69, 9.17) is 9.72 Å². The predicted molar refractivity (Wildman–Crippen MR) is 122 cm³/mol. The third-order valence-corrected chi connectivity index (χ3v) is 6.98. The lowest BCUT2D eigenvalue weighted by Gasteiger charge is -2.35. The lowest BCUT2D eigenvalue weighted by Crippen LogP contribution is -2.38. The van der Waals surface area contributed by atoms with Crippen molar-refractivity contribution in [2.24, 2.45) is 0 Å². The van der Waals surface area contributed by atoms with Gasteiger partial charge in [-0.3, -0.25) is 4.79 Å². The first-order valence-corrected chi connectivity index (χ1v) is 11.3. The van der Waals surface area contributed by atoms with Gasteiger partial charge in [0.1, 0.15) is 22.2 Å². The van der Waals surface area contributed by atoms with Crippen molar-refractivity contribution in [2.75, 3.05) is 18.6 Å². The number of piperidine rings is 1. The molecule has 158 valence electrons. The number of benzene rings is 1. The fraction of sp³-hybridized carbons (Fsp3) is 0.435. The van der Waals surface area contributed by atoms with Crippen LogP contribution in [0.15, 0.2) is 24.3 Å². The molecule has 1 fully saturated rings. The van der Waals surface area contributed by atoms with Gasteiger partial charge in [0.15, 0.2) is 0 Å². The fourth-order valence-electron chi connectivity index (χ4n) is 4.16. The SMILES string of the molecule is COc1ccccc1CNC(=O)c1sc2nc(C)nc(N3CCCCC3C)c2c1C. The quantitative estimate of drug-likeness (QED) is 0.647. The Morgan fingerprint density at radius 3 is 2.83 bits per heavy atom. The number of amides is 1. The van der Waals surface area contributed by atoms with Crippen LogP contribution in [0.4, 0.5) is 5.82 Å². The zero-order valence-corrected chi connectivity index (χ0v) is 18.8. The van der Waals surface area contributed by atoms with Gasteiger partial charge in [-0.05, 0) is 51.7 Å². The molecule has 1 amide bonds. The van der Waals surface area contributed by atoms with Crippen molar-refractivity contribution in [3.05, 3.63) is 46.1 Å². The number of nitrogens with one attached hydrogen (secondary N) is 1. The number of para-hydroxylation sites is 1. The summed E-state index contributed by atoms with van der Waals surface area (Å²) >= 11 is 1.45. The average Bonchev–Trinajstić information content (AvgIpc) is 3.08. The van der Waals surface area contributed by atoms with Crippen molar-refractivity contribution >= 4 is 33.3 Å². The number of aromatic nitrogens is 2. The van der Waals surface area contributed by atoms with E-state index in [0.717, 1.165) is 45.3 Å². The Balaban J connectivity index is 1.66. The number of rotatable bonds is 5. The highest BCUT2D eigenvalue weighted by Crippen LogP contribution is 2.37. The van der Waals surface area contributed by atoms with Crippen LogP contribution in [0.1, 0.15) is 52.8 Å². The molecule has 1 aliphatic rings. The number of methoxy groups -OCH3 is 1. The molecule has 0 radical (unpaired) electrons. The lowest BCUT2D eigenvalue weighted by atomic mass is 10.0. The van der Waals surface area contributed by atoms with Crippen LogP contribution in [-0.4, -0.2) is 35.6 Å². The highest BCUT2D eigenvalue weighted by molar-refractivity contribution is 7.20. The van der Waals surface area contributed by atoms with Crippen LogP contribution in [0.5, 0.6) is 5.75 Å². The summed E-state index contributed by atoms with van der Waals surface area (Å²) in [5.74, 6) is 2.41. The normalized spacial score (nSPS) is 16.7. The summed E-state index contributed by atoms with van der Waals surface area (Å²) in [7, 11) is 1.64. The number of anilines is 1. The second-order valence-electron chi connectivity index (χ2n) is 7.86. The molecule has 4 rings (SSSR count). The molecule has 0 aliphatic carbocycles. The molecule has 1 N–H and O–H groups in total. The van der Waals surface area contributed by atoms with Gasteiger partial charge in [0.25, 0.3) is 5.91 Å². The van der Waals surface area contributed by atoms with Gasteiger partial charge in [-0.15, -0.1) is 11.3 Å². The van der Waals surface area contributed by atoms with Crippen molar-refractivity contribution in [1.82, 2.24) is 15.3 Å². The van der Waals surface area contributed by atoms with Crippen molar-refractivity contribution in [2.45, 2.75) is 52.6 Å². The Morgan fingerprint density at radius 2 is 2.07 bits per heavy atom. The second kappa shape index (κ2) is 8.60. The van der Waals surface area contributed by atoms with Gasteiger partial charge in [-0.2, -0.15) is 0 Å². The number of ether oxygens (including phenoxy) is 1. The largest absolute Gasteiger partial charge is 0.496 e. The van der Waals surface area contributed by atoms with Gasteiger partial charge in [0, 0.05) is 24.7 Å². The molecule has 30 heavy (non-hydrogen) atoms. The number of aryl methyl sites for hydroxylation is 2. The zero-order valence-electron chi connectivity index (χ0n) is 18.0. The summed E-state index contributed by atoms with van der Waals surface area (Å²) in [4.78, 5) is 26.5. The molecule has 6 nitrogen and oxygen atoms in total. The summed E-state index contributed by atoms with van der Waals surface area (Å²) in [5.41, 5.74) is 1.91. The smallest absolute Gasteiger partial charge is 0.261 e. The minimum atomic E-state index is -0.0864. The molecule has 0 spiro atoms. The lowest BCUT2D eigenvalue weighted by molar-refractivity contribution is 0.0954. The summed E-state index contributed by atoms with van der Waals surface area (Å²) in [6.07, 6.45) is 3.59. The predicted octanol–water partition coefficient (Wildman–Crippen LogP) is 4.63. The standard InChI is InChI=1S/C23H28N4O2S/c1-14-9-7-8-12-27(14)21-19-15(2)20(30-23(19)26-16(3)25-21)22(28)24-13-17-10-5-6-11-18(17)29-4/h5-6,10-11,14H,7-9,12-13H2,1-4H3,(H,24,28). The highest BCUT2D eigenvalue weighted by atomic mass is 32.1. The van der Waals surface area contributed by atoms with Crippen LogP contribution in [-0.2, 0) is 6.54 Å². The first-order valence-electron chi connectivity index (χ1n) is 10.4. The van der Waals surface area contributed by atoms with Gasteiger partial charge < -0.3 is 15.0 Å². The van der Waals surface area contributed by atoms with Crippen molar-refractivity contribution in [1.29, 1.82) is 0 Å². The maximum absolute atomic E-state index is 13.0. The first kappa shape index (κ1) is 20.6. The molecule has 1 aliphatic heterocycles. The number of hydrogen-bond acceptors (Lipinski definition) is 6. The molecule has 2 aromatic heterocycles. The summed E-state index contributed by atoms with van der Waals surface area (Å²) in [6, 6.07) is 8.17. The molecule has 1 saturated heterocycles. The van der Waals surface area contributed by atoms with E-state index in [1.165, 1.54) is 30.6 Å². The van der Waals surface area contributed by atoms with Crippen LogP contribution in [0.2, 0.25) is 0 Å². The Kier molecular flexibility index (Phi) is 5.90. The number of fused-ring (bicyclic) bond motifs is 1. The summed E-state index contributed by atoms with van der Waals surface area (Å²) in [6.45, 7) is 7.60. The molecule has 3 aromatic rings. The summed E-state index contributed by atoms with van der Waals surface area (Å²) < 4.78 is 5.39. The van der Waals surface area contributed by atoms with Crippen LogP contribution in [0.25, 0.3) is 10.2 Å². The highest BCUT2D eigenvalue weighted by Gasteiger charge is 2.26. The monoisotopic (exact) mass is 424 g/mol. The van der Waals surface area contributed by atoms with Crippen LogP contribution < -0.4 is 15.0 Å². The van der Waals surface area contributed by atoms with E-state index < -0.39 is 0 Å². The molecule has 0 saturated carbocycles. The Labute approximate surface area is 181 Å². The van der Waals surface area contributed by atoms with Crippen molar-refractivity contribution in [3.8, 4) is 5.75 Å². The fourth-order valence-corrected chi connectivity index (χ4v) is 5.30. The average molecular weight is 425 g/mol. The van der Waals surface area contributed by atoms with E-state index in [1.54, 1.807) is 7.11 Å². The van der Waals surface area contributed by atoms with Gasteiger partial charge in [0.2, 0.25) is 0 Å². The van der Waals surface area contributed by atoms with Gasteiger partial charge >= 0.3 is 0 Å². The van der Waals surface area contributed by atoms with Gasteiger partial charge in [-0.1, -0.05) is 18.2 Å². The van der Waals surface area contributed by atoms with E-state index in [-0.39, 0.29) is 5.91 Å². The molecule has 1 aromatic carbocycles. The van der Waals surface area contributed by atoms with Crippen molar-refractivity contribution < 1.29 is 9.53 Å². The van der Waals surface area contributed by atoms with Crippen LogP contribution in [0.3, 0.4) is 0 Å². The molecule has 1 atom stereocenters. The maximum atomic E-state index is 13.0. The maximum Gasteiger partial charge on any atom is 0.261 e. The third kappa shape index (κ3) is 3.86. The third-order valence-electron chi connectivity index (χ3n) is 5.80. The number of nitrogens with zero attached hydrogens (tertiary/aromatic N) is 3. The molecule has 1 unspecified atom stereocenters. The Morgan fingerprint density at radius 1 is 1.27 bits per heavy atom. The van der Waals surface area contributed by atoms with Gasteiger partial charge in [0.05, 0.1) is 17.4 Å². The number of hydrogen-bond donors (Lipinski definition) is 1. The number of thiophene rings is 1. The second-order valence-corrected chi connectivity index (χ2v) is 8.86. The van der Waals surface area contributed by atoms with E-state index in [9.17, 15) is 4.79 Å². The van der Waals surface area contributed by atoms with Crippen LogP contribution in [0, 0.1) is 13.8 Å². The van der Waals surface area contributed by atoms with Crippen molar-refractivity contribution in [3.63, 3.8) is 0 Å². The molecule has 3 heterocycles. The molecular formula is C23H28N4O2S. The van der Waals surface area contributed by atoms with E-state index in [2.05, 4.69) is 22.1 Å². The molecule has 0 bridgehead atoms. The number of carbonyl (C=O) groups is 1. The van der Waals surface area contributed by atoms with Gasteiger partial charge in [-0.25, -0.2) is 9.97 Å². The van der Waals surface area contributed by atoms with E-state index >= 15 is 0 Å². The molecule has 7 heteroatoms. The Hall–Kier alpha value is -2.67. The summed E-state index contributed by atoms with van der Waals surface area (Å²) in [5, 5.41) is 4.06. The Bertz CT molecular complexity index is 1080. The van der Waals surface area contributed by atoms with E-state index in [0.29, 0.717) is 17.5 Å². The van der Waals surface area contributed by atoms with E-state index in [1.807, 2.05) is 38.1 Å².